The number of hydrogen-bond acceptors (Lipinski definition) is 5. The van der Waals surface area contributed by atoms with Crippen LogP contribution in [-0.2, 0) is 11.2 Å². The number of thiophene rings is 1. The smallest absolute Gasteiger partial charge is 0.265 e. The highest BCUT2D eigenvalue weighted by atomic mass is 32.2. The number of nitrogens with zero attached hydrogens (tertiary/aromatic N) is 1. The topological polar surface area (TPSA) is 90.5 Å². The summed E-state index contributed by atoms with van der Waals surface area (Å²) in [5, 5.41) is 3.74. The maximum absolute atomic E-state index is 13.2. The molecule has 0 spiro atoms. The highest BCUT2D eigenvalue weighted by Crippen LogP contribution is 2.31. The van der Waals surface area contributed by atoms with Gasteiger partial charge in [-0.3, -0.25) is 4.79 Å². The molecule has 1 amide bonds. The molecule has 1 aromatic heterocycles. The SMILES string of the molecule is C=NCCC[S+]([O-])c1ccc2sc(C(=O)Nc3cc(-c4ccc(F)cc4)ccc3N)cc2c1. The van der Waals surface area contributed by atoms with Crippen molar-refractivity contribution in [1.29, 1.82) is 0 Å². The maximum atomic E-state index is 13.2. The van der Waals surface area contributed by atoms with Crippen molar-refractivity contribution in [3.8, 4) is 11.1 Å². The van der Waals surface area contributed by atoms with Crippen LogP contribution in [0.25, 0.3) is 21.2 Å². The summed E-state index contributed by atoms with van der Waals surface area (Å²) in [6.45, 7) is 4.03. The van der Waals surface area contributed by atoms with E-state index in [-0.39, 0.29) is 11.7 Å². The first-order chi connectivity index (χ1) is 15.9. The number of nitrogens with one attached hydrogen (secondary N) is 1. The summed E-state index contributed by atoms with van der Waals surface area (Å²) in [4.78, 5) is 18.0. The van der Waals surface area contributed by atoms with E-state index in [1.165, 1.54) is 23.5 Å². The standard InChI is InChI=1S/C25H22FN3O2S2/c1-28-11-2-12-33(31)20-8-10-23-18(13-20)15-24(32-23)25(30)29-22-14-17(5-9-21(22)27)16-3-6-19(26)7-4-16/h3-10,13-15H,1-2,11-12,27H2,(H,29,30). The van der Waals surface area contributed by atoms with Gasteiger partial charge in [0.2, 0.25) is 0 Å². The lowest BCUT2D eigenvalue weighted by Crippen LogP contribution is -2.11. The molecular formula is C25H22FN3O2S2. The fourth-order valence-electron chi connectivity index (χ4n) is 3.37. The minimum atomic E-state index is -1.12. The lowest BCUT2D eigenvalue weighted by Gasteiger charge is -2.10. The van der Waals surface area contributed by atoms with Gasteiger partial charge in [0.1, 0.15) is 11.6 Å². The molecular weight excluding hydrogens is 457 g/mol. The largest absolute Gasteiger partial charge is 0.611 e. The number of amides is 1. The predicted octanol–water partition coefficient (Wildman–Crippen LogP) is 5.74. The Bertz CT molecular complexity index is 1310. The summed E-state index contributed by atoms with van der Waals surface area (Å²) in [5.41, 5.74) is 8.63. The van der Waals surface area contributed by atoms with Crippen LogP contribution in [0.3, 0.4) is 0 Å². The molecule has 0 aliphatic heterocycles. The Morgan fingerprint density at radius 2 is 1.85 bits per heavy atom. The molecule has 168 valence electrons. The molecule has 0 fully saturated rings. The number of rotatable bonds is 8. The zero-order valence-corrected chi connectivity index (χ0v) is 19.3. The van der Waals surface area contributed by atoms with Crippen molar-refractivity contribution in [3.05, 3.63) is 77.4 Å². The van der Waals surface area contributed by atoms with Gasteiger partial charge in [0, 0.05) is 23.7 Å². The molecule has 1 unspecified atom stereocenters. The number of nitrogen functional groups attached to an aromatic ring is 1. The third-order valence-electron chi connectivity index (χ3n) is 5.10. The summed E-state index contributed by atoms with van der Waals surface area (Å²) in [7, 11) is 0. The molecule has 1 atom stereocenters. The van der Waals surface area contributed by atoms with Crippen molar-refractivity contribution in [1.82, 2.24) is 0 Å². The monoisotopic (exact) mass is 479 g/mol. The number of anilines is 2. The molecule has 3 aromatic carbocycles. The summed E-state index contributed by atoms with van der Waals surface area (Å²) < 4.78 is 26.7. The molecule has 0 bridgehead atoms. The second-order valence-electron chi connectivity index (χ2n) is 7.42. The molecule has 0 radical (unpaired) electrons. The van der Waals surface area contributed by atoms with Gasteiger partial charge in [-0.1, -0.05) is 18.2 Å². The number of halogens is 1. The fraction of sp³-hybridized carbons (Fsp3) is 0.120. The van der Waals surface area contributed by atoms with Gasteiger partial charge in [0.05, 0.1) is 16.3 Å². The van der Waals surface area contributed by atoms with E-state index in [0.717, 1.165) is 26.1 Å². The Kier molecular flexibility index (Phi) is 7.08. The van der Waals surface area contributed by atoms with Crippen molar-refractivity contribution in [3.63, 3.8) is 0 Å². The molecule has 0 aliphatic carbocycles. The minimum absolute atomic E-state index is 0.279. The molecule has 4 aromatic rings. The second kappa shape index (κ2) is 10.2. The Labute approximate surface area is 198 Å². The molecule has 8 heteroatoms. The number of carbonyl (C=O) groups excluding carboxylic acids is 1. The van der Waals surface area contributed by atoms with E-state index >= 15 is 0 Å². The van der Waals surface area contributed by atoms with Crippen molar-refractivity contribution in [2.75, 3.05) is 23.3 Å². The predicted molar refractivity (Wildman–Crippen MR) is 136 cm³/mol. The number of carbonyl (C=O) groups is 1. The van der Waals surface area contributed by atoms with E-state index in [4.69, 9.17) is 5.73 Å². The van der Waals surface area contributed by atoms with Crippen LogP contribution in [-0.4, -0.2) is 29.5 Å². The summed E-state index contributed by atoms with van der Waals surface area (Å²) in [5.74, 6) is -0.0711. The van der Waals surface area contributed by atoms with E-state index in [0.29, 0.717) is 35.0 Å². The first kappa shape index (κ1) is 23.0. The van der Waals surface area contributed by atoms with Crippen molar-refractivity contribution in [2.45, 2.75) is 11.3 Å². The van der Waals surface area contributed by atoms with Gasteiger partial charge in [0.25, 0.3) is 5.91 Å². The number of benzene rings is 3. The van der Waals surface area contributed by atoms with E-state index in [1.54, 1.807) is 30.3 Å². The van der Waals surface area contributed by atoms with E-state index in [9.17, 15) is 13.7 Å². The van der Waals surface area contributed by atoms with Gasteiger partial charge in [-0.25, -0.2) is 4.39 Å². The zero-order valence-electron chi connectivity index (χ0n) is 17.7. The van der Waals surface area contributed by atoms with Crippen LogP contribution in [0.4, 0.5) is 15.8 Å². The van der Waals surface area contributed by atoms with Gasteiger partial charge in [-0.05, 0) is 76.9 Å². The second-order valence-corrected chi connectivity index (χ2v) is 10.1. The Morgan fingerprint density at radius 1 is 1.09 bits per heavy atom. The number of fused-ring (bicyclic) bond motifs is 1. The van der Waals surface area contributed by atoms with Gasteiger partial charge >= 0.3 is 0 Å². The zero-order chi connectivity index (χ0) is 23.4. The third-order valence-corrected chi connectivity index (χ3v) is 7.65. The van der Waals surface area contributed by atoms with Gasteiger partial charge in [-0.15, -0.1) is 11.3 Å². The van der Waals surface area contributed by atoms with E-state index < -0.39 is 11.2 Å². The van der Waals surface area contributed by atoms with Crippen LogP contribution in [0.15, 0.2) is 76.6 Å². The fourth-order valence-corrected chi connectivity index (χ4v) is 5.41. The molecule has 33 heavy (non-hydrogen) atoms. The Morgan fingerprint density at radius 3 is 2.61 bits per heavy atom. The van der Waals surface area contributed by atoms with Crippen LogP contribution in [0.5, 0.6) is 0 Å². The number of nitrogens with two attached hydrogens (primary N) is 1. The molecule has 0 saturated carbocycles. The normalized spacial score (nSPS) is 11.9. The van der Waals surface area contributed by atoms with Gasteiger partial charge in [-0.2, -0.15) is 0 Å². The van der Waals surface area contributed by atoms with E-state index in [2.05, 4.69) is 17.0 Å². The highest BCUT2D eigenvalue weighted by Gasteiger charge is 2.16. The van der Waals surface area contributed by atoms with Crippen LogP contribution < -0.4 is 11.1 Å². The first-order valence-electron chi connectivity index (χ1n) is 10.3. The third kappa shape index (κ3) is 5.42. The summed E-state index contributed by atoms with van der Waals surface area (Å²) in [6.07, 6.45) is 0.712. The maximum Gasteiger partial charge on any atom is 0.265 e. The number of hydrogen-bond donors (Lipinski definition) is 2. The molecule has 1 heterocycles. The molecule has 3 N–H and O–H groups in total. The summed E-state index contributed by atoms with van der Waals surface area (Å²) in [6, 6.07) is 18.8. The lowest BCUT2D eigenvalue weighted by molar-refractivity contribution is 0.103. The highest BCUT2D eigenvalue weighted by molar-refractivity contribution is 7.91. The molecule has 4 rings (SSSR count). The lowest BCUT2D eigenvalue weighted by atomic mass is 10.0. The van der Waals surface area contributed by atoms with Crippen LogP contribution in [0.2, 0.25) is 0 Å². The molecule has 5 nitrogen and oxygen atoms in total. The Hall–Kier alpha value is -3.20. The average Bonchev–Trinajstić information content (AvgIpc) is 3.25. The average molecular weight is 480 g/mol. The van der Waals surface area contributed by atoms with Gasteiger partial charge in [0.15, 0.2) is 4.90 Å². The Balaban J connectivity index is 1.53. The first-order valence-corrected chi connectivity index (χ1v) is 12.4. The van der Waals surface area contributed by atoms with Crippen molar-refractivity contribution < 1.29 is 13.7 Å². The van der Waals surface area contributed by atoms with E-state index in [1.807, 2.05) is 24.3 Å². The number of aliphatic imine (C=N–C) groups is 1. The molecule has 0 aliphatic rings. The van der Waals surface area contributed by atoms with Crippen LogP contribution in [0, 0.1) is 5.82 Å². The minimum Gasteiger partial charge on any atom is -0.611 e. The van der Waals surface area contributed by atoms with Crippen molar-refractivity contribution >= 4 is 56.6 Å². The quantitative estimate of drug-likeness (QED) is 0.146. The molecule has 0 saturated heterocycles. The summed E-state index contributed by atoms with van der Waals surface area (Å²) >= 11 is 0.235. The van der Waals surface area contributed by atoms with Gasteiger partial charge < -0.3 is 20.6 Å². The van der Waals surface area contributed by atoms with Crippen molar-refractivity contribution in [2.24, 2.45) is 4.99 Å². The van der Waals surface area contributed by atoms with Crippen LogP contribution in [0.1, 0.15) is 16.1 Å². The van der Waals surface area contributed by atoms with Crippen LogP contribution >= 0.6 is 11.3 Å².